The molecule has 104 valence electrons. The van der Waals surface area contributed by atoms with E-state index in [1.54, 1.807) is 18.2 Å². The molecule has 3 nitrogen and oxygen atoms in total. The predicted octanol–water partition coefficient (Wildman–Crippen LogP) is 3.16. The van der Waals surface area contributed by atoms with Crippen LogP contribution in [0.4, 0.5) is 4.39 Å². The summed E-state index contributed by atoms with van der Waals surface area (Å²) in [6.45, 7) is 0.280. The van der Waals surface area contributed by atoms with Crippen molar-refractivity contribution in [2.45, 2.75) is 6.42 Å². The number of aromatic hydroxyl groups is 1. The van der Waals surface area contributed by atoms with Gasteiger partial charge in [0.15, 0.2) is 0 Å². The summed E-state index contributed by atoms with van der Waals surface area (Å²) >= 11 is 5.69. The van der Waals surface area contributed by atoms with Crippen LogP contribution in [0.15, 0.2) is 42.5 Å². The fourth-order valence-corrected chi connectivity index (χ4v) is 1.97. The van der Waals surface area contributed by atoms with Gasteiger partial charge >= 0.3 is 0 Å². The van der Waals surface area contributed by atoms with Crippen LogP contribution in [-0.2, 0) is 6.42 Å². The number of hydrogen-bond donors (Lipinski definition) is 2. The third-order valence-electron chi connectivity index (χ3n) is 2.84. The van der Waals surface area contributed by atoms with Crippen LogP contribution in [0.5, 0.6) is 5.75 Å². The van der Waals surface area contributed by atoms with Crippen molar-refractivity contribution in [1.82, 2.24) is 5.32 Å². The summed E-state index contributed by atoms with van der Waals surface area (Å²) < 4.78 is 13.4. The molecule has 0 atom stereocenters. The van der Waals surface area contributed by atoms with E-state index in [-0.39, 0.29) is 23.7 Å². The molecule has 0 aliphatic carbocycles. The number of amides is 1. The van der Waals surface area contributed by atoms with Crippen molar-refractivity contribution in [2.24, 2.45) is 0 Å². The Morgan fingerprint density at radius 3 is 2.70 bits per heavy atom. The maximum atomic E-state index is 13.4. The highest BCUT2D eigenvalue weighted by Gasteiger charge is 2.11. The molecule has 0 aliphatic rings. The highest BCUT2D eigenvalue weighted by Crippen LogP contribution is 2.21. The predicted molar refractivity (Wildman–Crippen MR) is 75.6 cm³/mol. The van der Waals surface area contributed by atoms with Crippen molar-refractivity contribution in [2.75, 3.05) is 6.54 Å². The summed E-state index contributed by atoms with van der Waals surface area (Å²) in [5, 5.41) is 12.6. The number of carbonyl (C=O) groups is 1. The maximum Gasteiger partial charge on any atom is 0.255 e. The van der Waals surface area contributed by atoms with Gasteiger partial charge in [0, 0.05) is 11.6 Å². The lowest BCUT2D eigenvalue weighted by atomic mass is 10.1. The Hall–Kier alpha value is -2.07. The Morgan fingerprint density at radius 1 is 1.25 bits per heavy atom. The van der Waals surface area contributed by atoms with E-state index < -0.39 is 5.91 Å². The highest BCUT2D eigenvalue weighted by atomic mass is 35.5. The number of phenols is 1. The topological polar surface area (TPSA) is 49.3 Å². The molecule has 2 aromatic carbocycles. The number of hydrogen-bond acceptors (Lipinski definition) is 2. The van der Waals surface area contributed by atoms with Gasteiger partial charge in [-0.05, 0) is 36.2 Å². The van der Waals surface area contributed by atoms with Gasteiger partial charge in [0.2, 0.25) is 0 Å². The zero-order valence-corrected chi connectivity index (χ0v) is 11.3. The minimum atomic E-state index is -0.421. The first-order chi connectivity index (χ1) is 9.58. The Kier molecular flexibility index (Phi) is 4.58. The average Bonchev–Trinajstić information content (AvgIpc) is 2.40. The van der Waals surface area contributed by atoms with E-state index in [1.165, 1.54) is 24.3 Å². The standard InChI is InChI=1S/C15H13ClFNO2/c16-11-5-6-12(14(19)9-11)15(20)18-8-7-10-3-1-2-4-13(10)17/h1-6,9,19H,7-8H2,(H,18,20). The fourth-order valence-electron chi connectivity index (χ4n) is 1.80. The van der Waals surface area contributed by atoms with Crippen molar-refractivity contribution < 1.29 is 14.3 Å². The molecule has 0 bridgehead atoms. The van der Waals surface area contributed by atoms with E-state index in [9.17, 15) is 14.3 Å². The second-order valence-corrected chi connectivity index (χ2v) is 4.70. The fraction of sp³-hybridized carbons (Fsp3) is 0.133. The van der Waals surface area contributed by atoms with E-state index in [4.69, 9.17) is 11.6 Å². The minimum Gasteiger partial charge on any atom is -0.507 e. The number of phenolic OH excluding ortho intramolecular Hbond substituents is 1. The molecular formula is C15H13ClFNO2. The van der Waals surface area contributed by atoms with Crippen molar-refractivity contribution in [1.29, 1.82) is 0 Å². The van der Waals surface area contributed by atoms with Crippen LogP contribution < -0.4 is 5.32 Å². The molecular weight excluding hydrogens is 281 g/mol. The van der Waals surface area contributed by atoms with E-state index >= 15 is 0 Å². The zero-order valence-electron chi connectivity index (χ0n) is 10.6. The Balaban J connectivity index is 1.94. The normalized spacial score (nSPS) is 10.3. The van der Waals surface area contributed by atoms with Gasteiger partial charge in [-0.15, -0.1) is 0 Å². The van der Waals surface area contributed by atoms with E-state index in [2.05, 4.69) is 5.32 Å². The Labute approximate surface area is 121 Å². The summed E-state index contributed by atoms with van der Waals surface area (Å²) in [5.74, 6) is -0.896. The molecule has 0 heterocycles. The van der Waals surface area contributed by atoms with Crippen LogP contribution in [-0.4, -0.2) is 17.6 Å². The van der Waals surface area contributed by atoms with Crippen molar-refractivity contribution in [3.05, 3.63) is 64.4 Å². The zero-order chi connectivity index (χ0) is 14.5. The molecule has 2 N–H and O–H groups in total. The van der Waals surface area contributed by atoms with Gasteiger partial charge in [-0.1, -0.05) is 29.8 Å². The molecule has 20 heavy (non-hydrogen) atoms. The Bertz CT molecular complexity index is 631. The molecule has 0 saturated carbocycles. The summed E-state index contributed by atoms with van der Waals surface area (Å²) in [6.07, 6.45) is 0.382. The van der Waals surface area contributed by atoms with E-state index in [1.807, 2.05) is 0 Å². The van der Waals surface area contributed by atoms with E-state index in [0.29, 0.717) is 17.0 Å². The van der Waals surface area contributed by atoms with Crippen LogP contribution >= 0.6 is 11.6 Å². The first-order valence-corrected chi connectivity index (χ1v) is 6.46. The third kappa shape index (κ3) is 3.48. The Morgan fingerprint density at radius 2 is 2.00 bits per heavy atom. The van der Waals surface area contributed by atoms with Crippen LogP contribution in [0.3, 0.4) is 0 Å². The minimum absolute atomic E-state index is 0.142. The van der Waals surface area contributed by atoms with Gasteiger partial charge in [-0.2, -0.15) is 0 Å². The number of halogens is 2. The monoisotopic (exact) mass is 293 g/mol. The molecule has 2 rings (SSSR count). The number of carbonyl (C=O) groups excluding carboxylic acids is 1. The van der Waals surface area contributed by atoms with Crippen LogP contribution in [0.25, 0.3) is 0 Å². The first-order valence-electron chi connectivity index (χ1n) is 6.08. The summed E-state index contributed by atoms with van der Waals surface area (Å²) in [7, 11) is 0. The molecule has 0 radical (unpaired) electrons. The molecule has 0 fully saturated rings. The van der Waals surface area contributed by atoms with Crippen molar-refractivity contribution in [3.63, 3.8) is 0 Å². The van der Waals surface area contributed by atoms with Gasteiger partial charge in [0.1, 0.15) is 11.6 Å². The van der Waals surface area contributed by atoms with Crippen LogP contribution in [0, 0.1) is 5.82 Å². The molecule has 1 amide bonds. The van der Waals surface area contributed by atoms with Crippen molar-refractivity contribution >= 4 is 17.5 Å². The van der Waals surface area contributed by atoms with Crippen LogP contribution in [0.1, 0.15) is 15.9 Å². The molecule has 2 aromatic rings. The van der Waals surface area contributed by atoms with Gasteiger partial charge < -0.3 is 10.4 Å². The lowest BCUT2D eigenvalue weighted by Crippen LogP contribution is -2.25. The second-order valence-electron chi connectivity index (χ2n) is 4.26. The van der Waals surface area contributed by atoms with Gasteiger partial charge in [0.05, 0.1) is 5.56 Å². The quantitative estimate of drug-likeness (QED) is 0.910. The number of rotatable bonds is 4. The molecule has 0 spiro atoms. The van der Waals surface area contributed by atoms with Crippen molar-refractivity contribution in [3.8, 4) is 5.75 Å². The molecule has 0 aromatic heterocycles. The first kappa shape index (κ1) is 14.3. The van der Waals surface area contributed by atoms with E-state index in [0.717, 1.165) is 0 Å². The molecule has 0 saturated heterocycles. The van der Waals surface area contributed by atoms with Gasteiger partial charge in [-0.25, -0.2) is 4.39 Å². The van der Waals surface area contributed by atoms with Crippen LogP contribution in [0.2, 0.25) is 5.02 Å². The van der Waals surface area contributed by atoms with Gasteiger partial charge in [0.25, 0.3) is 5.91 Å². The lowest BCUT2D eigenvalue weighted by Gasteiger charge is -2.07. The summed E-state index contributed by atoms with van der Waals surface area (Å²) in [6, 6.07) is 10.7. The third-order valence-corrected chi connectivity index (χ3v) is 3.08. The molecule has 0 unspecified atom stereocenters. The smallest absolute Gasteiger partial charge is 0.255 e. The SMILES string of the molecule is O=C(NCCc1ccccc1F)c1ccc(Cl)cc1O. The second kappa shape index (κ2) is 6.39. The number of nitrogens with one attached hydrogen (secondary N) is 1. The highest BCUT2D eigenvalue weighted by molar-refractivity contribution is 6.30. The summed E-state index contributed by atoms with van der Waals surface area (Å²) in [5.41, 5.74) is 0.677. The largest absolute Gasteiger partial charge is 0.507 e. The number of benzene rings is 2. The molecule has 5 heteroatoms. The average molecular weight is 294 g/mol. The van der Waals surface area contributed by atoms with Gasteiger partial charge in [-0.3, -0.25) is 4.79 Å². The molecule has 0 aliphatic heterocycles. The lowest BCUT2D eigenvalue weighted by molar-refractivity contribution is 0.0951. The maximum absolute atomic E-state index is 13.4. The summed E-state index contributed by atoms with van der Waals surface area (Å²) in [4.78, 5) is 11.8.